The topological polar surface area (TPSA) is 55.1 Å². The minimum Gasteiger partial charge on any atom is -0.323 e. The number of thioether (sulfide) groups is 1. The van der Waals surface area contributed by atoms with Crippen LogP contribution < -0.4 is 11.1 Å². The lowest BCUT2D eigenvalue weighted by Crippen LogP contribution is -2.50. The van der Waals surface area contributed by atoms with Crippen LogP contribution in [0.25, 0.3) is 0 Å². The Kier molecular flexibility index (Phi) is 4.10. The molecule has 1 atom stereocenters. The highest BCUT2D eigenvalue weighted by Crippen LogP contribution is 2.39. The van der Waals surface area contributed by atoms with E-state index in [4.69, 9.17) is 5.73 Å². The molecule has 104 valence electrons. The van der Waals surface area contributed by atoms with Gasteiger partial charge in [-0.2, -0.15) is 8.78 Å². The molecule has 0 aliphatic heterocycles. The Balaban J connectivity index is 2.12. The van der Waals surface area contributed by atoms with E-state index < -0.39 is 11.3 Å². The highest BCUT2D eigenvalue weighted by molar-refractivity contribution is 7.99. The molecule has 1 unspecified atom stereocenters. The Morgan fingerprint density at radius 1 is 1.47 bits per heavy atom. The first-order valence-electron chi connectivity index (χ1n) is 6.05. The zero-order valence-electron chi connectivity index (χ0n) is 10.5. The summed E-state index contributed by atoms with van der Waals surface area (Å²) in [5.74, 6) is -2.66. The van der Waals surface area contributed by atoms with Crippen LogP contribution in [0.2, 0.25) is 0 Å². The summed E-state index contributed by atoms with van der Waals surface area (Å²) in [6, 6.07) is 6.50. The minimum atomic E-state index is -2.52. The van der Waals surface area contributed by atoms with Gasteiger partial charge in [0.25, 0.3) is 5.76 Å². The summed E-state index contributed by atoms with van der Waals surface area (Å²) in [5, 5.41) is 2.66. The number of para-hydroxylation sites is 1. The van der Waals surface area contributed by atoms with Gasteiger partial charge in [-0.25, -0.2) is 0 Å². The number of nitrogens with one attached hydrogen (secondary N) is 1. The fraction of sp³-hybridized carbons (Fsp3) is 0.462. The van der Waals surface area contributed by atoms with E-state index >= 15 is 0 Å². The van der Waals surface area contributed by atoms with Crippen molar-refractivity contribution in [3.8, 4) is 0 Å². The molecule has 1 saturated carbocycles. The summed E-state index contributed by atoms with van der Waals surface area (Å²) in [4.78, 5) is 12.5. The average molecular weight is 286 g/mol. The van der Waals surface area contributed by atoms with E-state index in [0.717, 1.165) is 12.8 Å². The summed E-state index contributed by atoms with van der Waals surface area (Å²) in [6.07, 6.45) is 1.88. The second-order valence-corrected chi connectivity index (χ2v) is 5.92. The maximum atomic E-state index is 12.4. The van der Waals surface area contributed by atoms with Crippen LogP contribution in [0.5, 0.6) is 0 Å². The first-order valence-corrected chi connectivity index (χ1v) is 6.93. The van der Waals surface area contributed by atoms with E-state index in [2.05, 4.69) is 5.32 Å². The van der Waals surface area contributed by atoms with Gasteiger partial charge < -0.3 is 11.1 Å². The molecule has 1 aliphatic carbocycles. The Bertz CT molecular complexity index is 475. The number of carbonyl (C=O) groups is 1. The number of alkyl halides is 2. The second kappa shape index (κ2) is 5.46. The van der Waals surface area contributed by atoms with E-state index in [9.17, 15) is 13.6 Å². The molecular formula is C13H16F2N2OS. The van der Waals surface area contributed by atoms with E-state index in [1.54, 1.807) is 31.2 Å². The summed E-state index contributed by atoms with van der Waals surface area (Å²) in [6.45, 7) is 1.68. The number of anilines is 1. The predicted molar refractivity (Wildman–Crippen MR) is 72.2 cm³/mol. The molecule has 1 amide bonds. The number of rotatable bonds is 5. The first kappa shape index (κ1) is 14.3. The van der Waals surface area contributed by atoms with Gasteiger partial charge in [-0.05, 0) is 37.8 Å². The molecule has 0 heterocycles. The summed E-state index contributed by atoms with van der Waals surface area (Å²) >= 11 is 0.413. The first-order chi connectivity index (χ1) is 8.91. The van der Waals surface area contributed by atoms with Crippen molar-refractivity contribution >= 4 is 23.4 Å². The number of halogens is 2. The van der Waals surface area contributed by atoms with Crippen molar-refractivity contribution in [1.82, 2.24) is 0 Å². The number of amides is 1. The zero-order chi connectivity index (χ0) is 14.0. The van der Waals surface area contributed by atoms with Crippen molar-refractivity contribution in [2.45, 2.75) is 36.0 Å². The maximum absolute atomic E-state index is 12.4. The molecule has 1 aliphatic rings. The third-order valence-corrected chi connectivity index (χ3v) is 4.05. The smallest absolute Gasteiger partial charge is 0.288 e. The molecule has 0 saturated heterocycles. The van der Waals surface area contributed by atoms with Crippen LogP contribution in [-0.2, 0) is 4.79 Å². The number of benzene rings is 1. The Labute approximate surface area is 114 Å². The molecule has 2 rings (SSSR count). The highest BCUT2D eigenvalue weighted by atomic mass is 32.2. The fourth-order valence-electron chi connectivity index (χ4n) is 1.89. The van der Waals surface area contributed by atoms with Gasteiger partial charge in [0.15, 0.2) is 0 Å². The van der Waals surface area contributed by atoms with Crippen molar-refractivity contribution < 1.29 is 13.6 Å². The van der Waals surface area contributed by atoms with Crippen LogP contribution in [0, 0.1) is 5.92 Å². The highest BCUT2D eigenvalue weighted by Gasteiger charge is 2.44. The monoisotopic (exact) mass is 286 g/mol. The molecule has 0 radical (unpaired) electrons. The van der Waals surface area contributed by atoms with Crippen LogP contribution in [0.15, 0.2) is 29.2 Å². The lowest BCUT2D eigenvalue weighted by molar-refractivity contribution is -0.121. The largest absolute Gasteiger partial charge is 0.323 e. The summed E-state index contributed by atoms with van der Waals surface area (Å²) in [7, 11) is 0. The van der Waals surface area contributed by atoms with Gasteiger partial charge in [-0.1, -0.05) is 23.9 Å². The predicted octanol–water partition coefficient (Wildman–Crippen LogP) is 3.07. The van der Waals surface area contributed by atoms with Gasteiger partial charge >= 0.3 is 0 Å². The SMILES string of the molecule is CC(N)(C(=O)Nc1ccccc1SC(F)F)C1CC1. The van der Waals surface area contributed by atoms with E-state index in [1.165, 1.54) is 0 Å². The van der Waals surface area contributed by atoms with Crippen molar-refractivity contribution in [2.24, 2.45) is 11.7 Å². The molecule has 19 heavy (non-hydrogen) atoms. The normalized spacial score (nSPS) is 18.2. The molecular weight excluding hydrogens is 270 g/mol. The number of hydrogen-bond donors (Lipinski definition) is 2. The van der Waals surface area contributed by atoms with Gasteiger partial charge in [0.1, 0.15) is 0 Å². The van der Waals surface area contributed by atoms with E-state index in [-0.39, 0.29) is 11.8 Å². The Morgan fingerprint density at radius 2 is 2.11 bits per heavy atom. The van der Waals surface area contributed by atoms with Gasteiger partial charge in [-0.15, -0.1) is 0 Å². The number of carbonyl (C=O) groups excluding carboxylic acids is 1. The minimum absolute atomic E-state index is 0.183. The van der Waals surface area contributed by atoms with Crippen molar-refractivity contribution in [2.75, 3.05) is 5.32 Å². The zero-order valence-corrected chi connectivity index (χ0v) is 11.3. The summed E-state index contributed by atoms with van der Waals surface area (Å²) in [5.41, 5.74) is 5.44. The third kappa shape index (κ3) is 3.45. The van der Waals surface area contributed by atoms with Crippen molar-refractivity contribution in [3.05, 3.63) is 24.3 Å². The van der Waals surface area contributed by atoms with Crippen LogP contribution in [0.3, 0.4) is 0 Å². The standard InChI is InChI=1S/C13H16F2N2OS/c1-13(16,8-6-7-8)11(18)17-9-4-2-3-5-10(9)19-12(14)15/h2-5,8,12H,6-7,16H2,1H3,(H,17,18). The Hall–Kier alpha value is -1.14. The molecule has 1 fully saturated rings. The lowest BCUT2D eigenvalue weighted by atomic mass is 9.96. The second-order valence-electron chi connectivity index (χ2n) is 4.89. The molecule has 1 aromatic rings. The van der Waals surface area contributed by atoms with E-state index in [1.807, 2.05) is 0 Å². The molecule has 0 bridgehead atoms. The third-order valence-electron chi connectivity index (χ3n) is 3.27. The van der Waals surface area contributed by atoms with E-state index in [0.29, 0.717) is 22.3 Å². The number of nitrogens with two attached hydrogens (primary N) is 1. The fourth-order valence-corrected chi connectivity index (χ4v) is 2.49. The maximum Gasteiger partial charge on any atom is 0.288 e. The van der Waals surface area contributed by atoms with Gasteiger partial charge in [0.05, 0.1) is 11.2 Å². The lowest BCUT2D eigenvalue weighted by Gasteiger charge is -2.23. The summed E-state index contributed by atoms with van der Waals surface area (Å²) < 4.78 is 24.9. The quantitative estimate of drug-likeness (QED) is 0.818. The van der Waals surface area contributed by atoms with Crippen molar-refractivity contribution in [3.63, 3.8) is 0 Å². The van der Waals surface area contributed by atoms with Crippen molar-refractivity contribution in [1.29, 1.82) is 0 Å². The van der Waals surface area contributed by atoms with Gasteiger partial charge in [-0.3, -0.25) is 4.79 Å². The molecule has 3 N–H and O–H groups in total. The Morgan fingerprint density at radius 3 is 2.68 bits per heavy atom. The number of hydrogen-bond acceptors (Lipinski definition) is 3. The molecule has 1 aromatic carbocycles. The van der Waals surface area contributed by atoms with Gasteiger partial charge in [0.2, 0.25) is 5.91 Å². The van der Waals surface area contributed by atoms with Gasteiger partial charge in [0, 0.05) is 4.90 Å². The molecule has 0 spiro atoms. The van der Waals surface area contributed by atoms with Crippen LogP contribution >= 0.6 is 11.8 Å². The molecule has 0 aromatic heterocycles. The molecule has 6 heteroatoms. The van der Waals surface area contributed by atoms with Crippen LogP contribution in [-0.4, -0.2) is 17.2 Å². The molecule has 3 nitrogen and oxygen atoms in total. The van der Waals surface area contributed by atoms with Crippen LogP contribution in [0.4, 0.5) is 14.5 Å². The van der Waals surface area contributed by atoms with Crippen LogP contribution in [0.1, 0.15) is 19.8 Å². The average Bonchev–Trinajstić information content (AvgIpc) is 3.15.